The lowest BCUT2D eigenvalue weighted by molar-refractivity contribution is -0.383. The quantitative estimate of drug-likeness (QED) is 0.614. The van der Waals surface area contributed by atoms with Crippen LogP contribution in [0.2, 0.25) is 5.02 Å². The van der Waals surface area contributed by atoms with Gasteiger partial charge in [-0.2, -0.15) is 0 Å². The van der Waals surface area contributed by atoms with Crippen LogP contribution in [0.1, 0.15) is 0 Å². The first kappa shape index (κ1) is 14.7. The summed E-state index contributed by atoms with van der Waals surface area (Å²) in [4.78, 5) is 10.2. The van der Waals surface area contributed by atoms with Gasteiger partial charge in [-0.05, 0) is 24.3 Å². The van der Waals surface area contributed by atoms with Crippen molar-refractivity contribution in [2.45, 2.75) is 0 Å². The predicted molar refractivity (Wildman–Crippen MR) is 75.4 cm³/mol. The number of benzene rings is 2. The number of hydrogen-bond donors (Lipinski definition) is 1. The van der Waals surface area contributed by atoms with Gasteiger partial charge in [-0.25, -0.2) is 8.78 Å². The molecule has 2 aromatic carbocycles. The van der Waals surface area contributed by atoms with Crippen molar-refractivity contribution >= 4 is 44.6 Å². The first-order chi connectivity index (χ1) is 9.40. The number of nitrogens with one attached hydrogen (secondary N) is 1. The molecule has 0 atom stereocenters. The van der Waals surface area contributed by atoms with Gasteiger partial charge in [0.2, 0.25) is 0 Å². The van der Waals surface area contributed by atoms with Crippen LogP contribution in [0, 0.1) is 21.7 Å². The summed E-state index contributed by atoms with van der Waals surface area (Å²) in [5, 5.41) is 13.2. The van der Waals surface area contributed by atoms with Crippen molar-refractivity contribution in [3.05, 3.63) is 61.6 Å². The first-order valence-electron chi connectivity index (χ1n) is 5.24. The summed E-state index contributed by atoms with van der Waals surface area (Å²) in [6, 6.07) is 6.15. The molecule has 0 amide bonds. The van der Waals surface area contributed by atoms with E-state index in [9.17, 15) is 18.9 Å². The Labute approximate surface area is 125 Å². The largest absolute Gasteiger partial charge is 0.345 e. The molecule has 0 spiro atoms. The van der Waals surface area contributed by atoms with Gasteiger partial charge in [-0.3, -0.25) is 10.1 Å². The second-order valence-corrected chi connectivity index (χ2v) is 5.09. The van der Waals surface area contributed by atoms with Gasteiger partial charge in [0.05, 0.1) is 4.92 Å². The number of nitro groups is 1. The zero-order valence-corrected chi connectivity index (χ0v) is 12.0. The van der Waals surface area contributed by atoms with Gasteiger partial charge in [-0.15, -0.1) is 0 Å². The summed E-state index contributed by atoms with van der Waals surface area (Å²) in [5.74, 6) is -1.77. The average molecular weight is 364 g/mol. The Balaban J connectivity index is 2.51. The van der Waals surface area contributed by atoms with Crippen molar-refractivity contribution < 1.29 is 13.7 Å². The minimum Gasteiger partial charge on any atom is -0.345 e. The topological polar surface area (TPSA) is 55.2 Å². The zero-order valence-electron chi connectivity index (χ0n) is 9.66. The number of anilines is 2. The zero-order chi connectivity index (χ0) is 14.9. The molecule has 0 aromatic heterocycles. The monoisotopic (exact) mass is 362 g/mol. The number of halogens is 4. The molecule has 0 bridgehead atoms. The molecule has 4 nitrogen and oxygen atoms in total. The lowest BCUT2D eigenvalue weighted by Crippen LogP contribution is -2.01. The molecular weight excluding hydrogens is 357 g/mol. The highest BCUT2D eigenvalue weighted by atomic mass is 79.9. The normalized spacial score (nSPS) is 10.4. The van der Waals surface area contributed by atoms with Crippen LogP contribution in [0.3, 0.4) is 0 Å². The molecule has 0 saturated heterocycles. The molecule has 0 aliphatic heterocycles. The summed E-state index contributed by atoms with van der Waals surface area (Å²) < 4.78 is 27.6. The second-order valence-electron chi connectivity index (χ2n) is 3.76. The van der Waals surface area contributed by atoms with Crippen molar-refractivity contribution in [3.63, 3.8) is 0 Å². The maximum absolute atomic E-state index is 13.7. The molecule has 0 radical (unpaired) electrons. The SMILES string of the molecule is O=[N+]([O-])c1c(Cl)cccc1Nc1c(F)cc(Br)cc1F. The highest BCUT2D eigenvalue weighted by molar-refractivity contribution is 9.10. The van der Waals surface area contributed by atoms with E-state index >= 15 is 0 Å². The van der Waals surface area contributed by atoms with Gasteiger partial charge in [0.15, 0.2) is 11.6 Å². The summed E-state index contributed by atoms with van der Waals surface area (Å²) in [5.41, 5.74) is -1.03. The molecule has 8 heteroatoms. The van der Waals surface area contributed by atoms with Crippen LogP contribution in [0.25, 0.3) is 0 Å². The maximum Gasteiger partial charge on any atom is 0.311 e. The van der Waals surface area contributed by atoms with E-state index in [0.717, 1.165) is 12.1 Å². The molecule has 0 unspecified atom stereocenters. The smallest absolute Gasteiger partial charge is 0.311 e. The van der Waals surface area contributed by atoms with Gasteiger partial charge in [0, 0.05) is 4.47 Å². The van der Waals surface area contributed by atoms with Crippen molar-refractivity contribution in [2.24, 2.45) is 0 Å². The van der Waals surface area contributed by atoms with Gasteiger partial charge in [-0.1, -0.05) is 33.6 Å². The van der Waals surface area contributed by atoms with E-state index in [4.69, 9.17) is 11.6 Å². The lowest BCUT2D eigenvalue weighted by atomic mass is 10.2. The van der Waals surface area contributed by atoms with Gasteiger partial charge < -0.3 is 5.32 Å². The molecule has 2 aromatic rings. The summed E-state index contributed by atoms with van der Waals surface area (Å²) in [6.45, 7) is 0. The minimum absolute atomic E-state index is 0.0948. The molecule has 1 N–H and O–H groups in total. The Kier molecular flexibility index (Phi) is 4.20. The standard InChI is InChI=1S/C12H6BrClF2N2O2/c13-6-4-8(15)11(9(16)5-6)17-10-3-1-2-7(14)12(10)18(19)20/h1-5,17H. The Morgan fingerprint density at radius 1 is 1.25 bits per heavy atom. The van der Waals surface area contributed by atoms with E-state index in [1.165, 1.54) is 18.2 Å². The Morgan fingerprint density at radius 3 is 2.40 bits per heavy atom. The molecule has 0 aliphatic carbocycles. The maximum atomic E-state index is 13.7. The van der Waals surface area contributed by atoms with E-state index in [2.05, 4.69) is 21.2 Å². The van der Waals surface area contributed by atoms with E-state index in [0.29, 0.717) is 0 Å². The highest BCUT2D eigenvalue weighted by Gasteiger charge is 2.20. The van der Waals surface area contributed by atoms with Crippen molar-refractivity contribution in [1.29, 1.82) is 0 Å². The van der Waals surface area contributed by atoms with Crippen LogP contribution in [0.5, 0.6) is 0 Å². The van der Waals surface area contributed by atoms with Crippen LogP contribution >= 0.6 is 27.5 Å². The first-order valence-corrected chi connectivity index (χ1v) is 6.41. The van der Waals surface area contributed by atoms with Crippen LogP contribution in [-0.4, -0.2) is 4.92 Å². The van der Waals surface area contributed by atoms with Crippen LogP contribution < -0.4 is 5.32 Å². The Bertz CT molecular complexity index is 674. The number of rotatable bonds is 3. The Morgan fingerprint density at radius 2 is 1.85 bits per heavy atom. The summed E-state index contributed by atoms with van der Waals surface area (Å²) >= 11 is 8.66. The fraction of sp³-hybridized carbons (Fsp3) is 0. The molecular formula is C12H6BrClF2N2O2. The third-order valence-electron chi connectivity index (χ3n) is 2.44. The van der Waals surface area contributed by atoms with Crippen molar-refractivity contribution in [3.8, 4) is 0 Å². The fourth-order valence-corrected chi connectivity index (χ4v) is 2.24. The molecule has 104 valence electrons. The third-order valence-corrected chi connectivity index (χ3v) is 3.20. The van der Waals surface area contributed by atoms with Crippen LogP contribution in [-0.2, 0) is 0 Å². The van der Waals surface area contributed by atoms with E-state index < -0.39 is 27.9 Å². The molecule has 0 saturated carbocycles. The molecule has 0 aliphatic rings. The Hall–Kier alpha value is -1.73. The number of hydrogen-bond acceptors (Lipinski definition) is 3. The predicted octanol–water partition coefficient (Wildman–Crippen LogP) is 5.03. The fourth-order valence-electron chi connectivity index (χ4n) is 1.60. The number of nitrogens with zero attached hydrogens (tertiary/aromatic N) is 1. The van der Waals surface area contributed by atoms with Gasteiger partial charge in [0.1, 0.15) is 16.4 Å². The molecule has 0 heterocycles. The van der Waals surface area contributed by atoms with Crippen molar-refractivity contribution in [1.82, 2.24) is 0 Å². The average Bonchev–Trinajstić information content (AvgIpc) is 2.33. The van der Waals surface area contributed by atoms with Gasteiger partial charge >= 0.3 is 5.69 Å². The highest BCUT2D eigenvalue weighted by Crippen LogP contribution is 2.36. The van der Waals surface area contributed by atoms with E-state index in [1.807, 2.05) is 0 Å². The third kappa shape index (κ3) is 2.88. The number of nitro benzene ring substituents is 1. The van der Waals surface area contributed by atoms with E-state index in [1.54, 1.807) is 0 Å². The number of para-hydroxylation sites is 1. The summed E-state index contributed by atoms with van der Waals surface area (Å²) in [7, 11) is 0. The summed E-state index contributed by atoms with van der Waals surface area (Å²) in [6.07, 6.45) is 0. The van der Waals surface area contributed by atoms with Gasteiger partial charge in [0.25, 0.3) is 0 Å². The molecule has 20 heavy (non-hydrogen) atoms. The minimum atomic E-state index is -0.883. The van der Waals surface area contributed by atoms with Crippen LogP contribution in [0.15, 0.2) is 34.8 Å². The molecule has 0 fully saturated rings. The van der Waals surface area contributed by atoms with E-state index in [-0.39, 0.29) is 15.2 Å². The van der Waals surface area contributed by atoms with Crippen LogP contribution in [0.4, 0.5) is 25.8 Å². The molecule has 2 rings (SSSR count). The lowest BCUT2D eigenvalue weighted by Gasteiger charge is -2.10. The second kappa shape index (κ2) is 5.72. The van der Waals surface area contributed by atoms with Crippen molar-refractivity contribution in [2.75, 3.05) is 5.32 Å².